The van der Waals surface area contributed by atoms with Gasteiger partial charge >= 0.3 is 5.97 Å². The number of methoxy groups -OCH3 is 1. The van der Waals surface area contributed by atoms with Crippen molar-refractivity contribution in [1.82, 2.24) is 5.32 Å². The SMILES string of the molecule is COC(=O)c1cccc(N(CCNC(=O)c2cccs2)S(C)(=O)=O)c1. The van der Waals surface area contributed by atoms with E-state index in [1.807, 2.05) is 0 Å². The molecule has 0 radical (unpaired) electrons. The minimum absolute atomic E-state index is 0.0422. The van der Waals surface area contributed by atoms with Crippen molar-refractivity contribution in [3.05, 3.63) is 52.2 Å². The van der Waals surface area contributed by atoms with Gasteiger partial charge in [-0.15, -0.1) is 11.3 Å². The van der Waals surface area contributed by atoms with Crippen LogP contribution in [-0.2, 0) is 14.8 Å². The topological polar surface area (TPSA) is 92.8 Å². The Hall–Kier alpha value is -2.39. The van der Waals surface area contributed by atoms with Gasteiger partial charge in [-0.05, 0) is 29.6 Å². The van der Waals surface area contributed by atoms with Gasteiger partial charge in [-0.3, -0.25) is 9.10 Å². The number of hydrogen-bond donors (Lipinski definition) is 1. The number of sulfonamides is 1. The van der Waals surface area contributed by atoms with Gasteiger partial charge < -0.3 is 10.1 Å². The Morgan fingerprint density at radius 3 is 2.60 bits per heavy atom. The predicted molar refractivity (Wildman–Crippen MR) is 96.6 cm³/mol. The van der Waals surface area contributed by atoms with Crippen molar-refractivity contribution in [2.45, 2.75) is 0 Å². The molecule has 0 saturated heterocycles. The first-order valence-corrected chi connectivity index (χ1v) is 10.0. The number of nitrogens with one attached hydrogen (secondary N) is 1. The van der Waals surface area contributed by atoms with E-state index in [-0.39, 0.29) is 24.6 Å². The largest absolute Gasteiger partial charge is 0.465 e. The number of benzene rings is 1. The van der Waals surface area contributed by atoms with Crippen molar-refractivity contribution in [1.29, 1.82) is 0 Å². The number of ether oxygens (including phenoxy) is 1. The van der Waals surface area contributed by atoms with E-state index in [0.717, 1.165) is 10.6 Å². The van der Waals surface area contributed by atoms with Crippen molar-refractivity contribution in [3.63, 3.8) is 0 Å². The second kappa shape index (κ2) is 8.13. The van der Waals surface area contributed by atoms with Crippen LogP contribution in [0.15, 0.2) is 41.8 Å². The van der Waals surface area contributed by atoms with Crippen molar-refractivity contribution in [3.8, 4) is 0 Å². The van der Waals surface area contributed by atoms with E-state index >= 15 is 0 Å². The Bertz CT molecular complexity index is 847. The lowest BCUT2D eigenvalue weighted by Crippen LogP contribution is -2.38. The summed E-state index contributed by atoms with van der Waals surface area (Å²) in [5, 5.41) is 4.47. The molecule has 0 bridgehead atoms. The normalized spacial score (nSPS) is 11.0. The third kappa shape index (κ3) is 5.04. The third-order valence-corrected chi connectivity index (χ3v) is 5.36. The van der Waals surface area contributed by atoms with Crippen molar-refractivity contribution >= 4 is 38.9 Å². The van der Waals surface area contributed by atoms with E-state index in [2.05, 4.69) is 10.1 Å². The summed E-state index contributed by atoms with van der Waals surface area (Å²) >= 11 is 1.30. The molecule has 1 aromatic carbocycles. The van der Waals surface area contributed by atoms with Gasteiger partial charge in [0.2, 0.25) is 10.0 Å². The summed E-state index contributed by atoms with van der Waals surface area (Å²) in [5.74, 6) is -0.812. The number of nitrogens with zero attached hydrogens (tertiary/aromatic N) is 1. The Morgan fingerprint density at radius 2 is 2.00 bits per heavy atom. The maximum absolute atomic E-state index is 12.1. The smallest absolute Gasteiger partial charge is 0.337 e. The van der Waals surface area contributed by atoms with Gasteiger partial charge in [0.15, 0.2) is 0 Å². The van der Waals surface area contributed by atoms with Gasteiger partial charge in [0.25, 0.3) is 5.91 Å². The van der Waals surface area contributed by atoms with Crippen LogP contribution < -0.4 is 9.62 Å². The lowest BCUT2D eigenvalue weighted by atomic mass is 10.2. The van der Waals surface area contributed by atoms with Gasteiger partial charge in [0.1, 0.15) is 0 Å². The molecule has 1 amide bonds. The summed E-state index contributed by atoms with van der Waals surface area (Å²) in [6, 6.07) is 9.58. The number of thiophene rings is 1. The van der Waals surface area contributed by atoms with E-state index < -0.39 is 16.0 Å². The fourth-order valence-corrected chi connectivity index (χ4v) is 3.72. The Morgan fingerprint density at radius 1 is 1.24 bits per heavy atom. The van der Waals surface area contributed by atoms with Crippen LogP contribution >= 0.6 is 11.3 Å². The summed E-state index contributed by atoms with van der Waals surface area (Å²) in [7, 11) is -2.33. The van der Waals surface area contributed by atoms with Crippen LogP contribution in [0.1, 0.15) is 20.0 Å². The highest BCUT2D eigenvalue weighted by Crippen LogP contribution is 2.19. The number of amides is 1. The van der Waals surface area contributed by atoms with Crippen molar-refractivity contribution in [2.75, 3.05) is 30.8 Å². The number of esters is 1. The fraction of sp³-hybridized carbons (Fsp3) is 0.250. The van der Waals surface area contributed by atoms with Crippen LogP contribution in [0.4, 0.5) is 5.69 Å². The number of anilines is 1. The van der Waals surface area contributed by atoms with Gasteiger partial charge in [0, 0.05) is 6.54 Å². The van der Waals surface area contributed by atoms with Crippen molar-refractivity contribution in [2.24, 2.45) is 0 Å². The molecule has 0 aliphatic rings. The lowest BCUT2D eigenvalue weighted by Gasteiger charge is -2.23. The zero-order valence-electron chi connectivity index (χ0n) is 13.8. The second-order valence-electron chi connectivity index (χ2n) is 5.11. The zero-order valence-corrected chi connectivity index (χ0v) is 15.4. The number of rotatable bonds is 7. The lowest BCUT2D eigenvalue weighted by molar-refractivity contribution is 0.0600. The molecular weight excluding hydrogens is 364 g/mol. The van der Waals surface area contributed by atoms with Gasteiger partial charge in [-0.2, -0.15) is 0 Å². The summed E-state index contributed by atoms with van der Waals surface area (Å²) in [6.45, 7) is 0.173. The molecule has 25 heavy (non-hydrogen) atoms. The van der Waals surface area contributed by atoms with E-state index in [9.17, 15) is 18.0 Å². The average molecular weight is 382 g/mol. The molecule has 0 aliphatic heterocycles. The van der Waals surface area contributed by atoms with Crippen LogP contribution in [0, 0.1) is 0 Å². The molecule has 9 heteroatoms. The first-order chi connectivity index (χ1) is 11.8. The van der Waals surface area contributed by atoms with Crippen molar-refractivity contribution < 1.29 is 22.7 Å². The molecule has 1 N–H and O–H groups in total. The molecule has 134 valence electrons. The van der Waals surface area contributed by atoms with Gasteiger partial charge in [-0.1, -0.05) is 12.1 Å². The van der Waals surface area contributed by atoms with Crippen LogP contribution in [0.2, 0.25) is 0 Å². The molecule has 0 spiro atoms. The highest BCUT2D eigenvalue weighted by atomic mass is 32.2. The zero-order chi connectivity index (χ0) is 18.4. The second-order valence-corrected chi connectivity index (χ2v) is 7.96. The standard InChI is InChI=1S/C16H18N2O5S2/c1-23-16(20)12-5-3-6-13(11-12)18(25(2,21)22)9-8-17-15(19)14-7-4-10-24-14/h3-7,10-11H,8-9H2,1-2H3,(H,17,19). The van der Waals surface area contributed by atoms with E-state index in [1.54, 1.807) is 29.6 Å². The number of hydrogen-bond acceptors (Lipinski definition) is 6. The molecule has 1 aromatic heterocycles. The molecule has 0 fully saturated rings. The maximum atomic E-state index is 12.1. The molecule has 2 rings (SSSR count). The first-order valence-electron chi connectivity index (χ1n) is 7.30. The fourth-order valence-electron chi connectivity index (χ4n) is 2.16. The monoisotopic (exact) mass is 382 g/mol. The molecule has 0 atom stereocenters. The first kappa shape index (κ1) is 18.9. The predicted octanol–water partition coefficient (Wildman–Crippen LogP) is 1.73. The highest BCUT2D eigenvalue weighted by Gasteiger charge is 2.19. The Labute approximate surface area is 150 Å². The molecule has 0 saturated carbocycles. The van der Waals surface area contributed by atoms with E-state index in [1.165, 1.54) is 30.6 Å². The van der Waals surface area contributed by atoms with E-state index in [0.29, 0.717) is 10.6 Å². The summed E-state index contributed by atoms with van der Waals surface area (Å²) in [5.41, 5.74) is 0.576. The van der Waals surface area contributed by atoms with E-state index in [4.69, 9.17) is 0 Å². The average Bonchev–Trinajstić information content (AvgIpc) is 3.11. The Kier molecular flexibility index (Phi) is 6.16. The quantitative estimate of drug-likeness (QED) is 0.736. The Balaban J connectivity index is 2.12. The summed E-state index contributed by atoms with van der Waals surface area (Å²) < 4.78 is 30.0. The van der Waals surface area contributed by atoms with Crippen LogP contribution in [0.25, 0.3) is 0 Å². The van der Waals surface area contributed by atoms with Crippen LogP contribution in [0.3, 0.4) is 0 Å². The molecule has 7 nitrogen and oxygen atoms in total. The summed E-state index contributed by atoms with van der Waals surface area (Å²) in [4.78, 5) is 24.1. The molecule has 0 aliphatic carbocycles. The molecular formula is C16H18N2O5S2. The minimum Gasteiger partial charge on any atom is -0.465 e. The maximum Gasteiger partial charge on any atom is 0.337 e. The number of carbonyl (C=O) groups is 2. The van der Waals surface area contributed by atoms with Crippen LogP contribution in [-0.4, -0.2) is 46.7 Å². The van der Waals surface area contributed by atoms with Crippen LogP contribution in [0.5, 0.6) is 0 Å². The summed E-state index contributed by atoms with van der Waals surface area (Å²) in [6.07, 6.45) is 1.07. The highest BCUT2D eigenvalue weighted by molar-refractivity contribution is 7.92. The van der Waals surface area contributed by atoms with Gasteiger partial charge in [-0.25, -0.2) is 13.2 Å². The third-order valence-electron chi connectivity index (χ3n) is 3.30. The number of carbonyl (C=O) groups excluding carboxylic acids is 2. The minimum atomic E-state index is -3.59. The molecule has 1 heterocycles. The van der Waals surface area contributed by atoms with Gasteiger partial charge in [0.05, 0.1) is 36.0 Å². The molecule has 2 aromatic rings. The molecule has 0 unspecified atom stereocenters.